The van der Waals surface area contributed by atoms with Gasteiger partial charge in [0.1, 0.15) is 0 Å². The lowest BCUT2D eigenvalue weighted by Crippen LogP contribution is -2.35. The van der Waals surface area contributed by atoms with Gasteiger partial charge in [-0.1, -0.05) is 12.1 Å². The van der Waals surface area contributed by atoms with Crippen LogP contribution in [0.25, 0.3) is 16.8 Å². The third-order valence-corrected chi connectivity index (χ3v) is 5.17. The van der Waals surface area contributed by atoms with Crippen molar-refractivity contribution in [1.82, 2.24) is 14.5 Å². The van der Waals surface area contributed by atoms with E-state index >= 15 is 0 Å². The molecule has 27 heavy (non-hydrogen) atoms. The summed E-state index contributed by atoms with van der Waals surface area (Å²) in [4.78, 5) is 26.1. The van der Waals surface area contributed by atoms with Gasteiger partial charge >= 0.3 is 5.97 Å². The zero-order valence-electron chi connectivity index (χ0n) is 15.2. The van der Waals surface area contributed by atoms with Gasteiger partial charge in [0.2, 0.25) is 0 Å². The van der Waals surface area contributed by atoms with Gasteiger partial charge in [0.15, 0.2) is 0 Å². The molecule has 0 atom stereocenters. The summed E-state index contributed by atoms with van der Waals surface area (Å²) in [5, 5.41) is 13.7. The molecule has 6 nitrogen and oxygen atoms in total. The maximum Gasteiger partial charge on any atom is 0.335 e. The average Bonchev–Trinajstić information content (AvgIpc) is 3.12. The van der Waals surface area contributed by atoms with Gasteiger partial charge in [0.05, 0.1) is 28.5 Å². The number of carboxylic acids is 1. The van der Waals surface area contributed by atoms with E-state index in [1.807, 2.05) is 29.2 Å². The molecule has 0 saturated carbocycles. The number of fused-ring (bicyclic) bond motifs is 1. The highest BCUT2D eigenvalue weighted by molar-refractivity contribution is 6.01. The highest BCUT2D eigenvalue weighted by Crippen LogP contribution is 2.25. The Morgan fingerprint density at radius 2 is 1.81 bits per heavy atom. The Kier molecular flexibility index (Phi) is 4.39. The smallest absolute Gasteiger partial charge is 0.335 e. The van der Waals surface area contributed by atoms with E-state index < -0.39 is 5.97 Å². The SMILES string of the molecule is Cc1cc(-c2cccc3c(C(=O)N4CCCCC4)cnn23)ccc1C(=O)O. The highest BCUT2D eigenvalue weighted by Gasteiger charge is 2.22. The van der Waals surface area contributed by atoms with Crippen molar-refractivity contribution in [3.05, 3.63) is 59.3 Å². The van der Waals surface area contributed by atoms with Crippen LogP contribution in [0.15, 0.2) is 42.6 Å². The quantitative estimate of drug-likeness (QED) is 0.771. The van der Waals surface area contributed by atoms with Gasteiger partial charge in [-0.05, 0) is 56.0 Å². The zero-order chi connectivity index (χ0) is 19.0. The molecule has 1 fully saturated rings. The highest BCUT2D eigenvalue weighted by atomic mass is 16.4. The molecule has 1 aliphatic heterocycles. The molecule has 3 aromatic rings. The van der Waals surface area contributed by atoms with Crippen LogP contribution in [-0.2, 0) is 0 Å². The molecule has 6 heteroatoms. The summed E-state index contributed by atoms with van der Waals surface area (Å²) < 4.78 is 1.76. The van der Waals surface area contributed by atoms with Gasteiger partial charge in [0.25, 0.3) is 5.91 Å². The van der Waals surface area contributed by atoms with E-state index in [9.17, 15) is 14.7 Å². The number of aryl methyl sites for hydroxylation is 1. The van der Waals surface area contributed by atoms with E-state index in [0.29, 0.717) is 11.1 Å². The molecule has 0 radical (unpaired) electrons. The molecule has 1 aromatic carbocycles. The molecule has 138 valence electrons. The number of aromatic carboxylic acids is 1. The molecule has 1 aliphatic rings. The van der Waals surface area contributed by atoms with Crippen LogP contribution >= 0.6 is 0 Å². The number of carbonyl (C=O) groups excluding carboxylic acids is 1. The number of carboxylic acid groups (broad SMARTS) is 1. The fourth-order valence-electron chi connectivity index (χ4n) is 3.72. The fourth-order valence-corrected chi connectivity index (χ4v) is 3.72. The second-order valence-corrected chi connectivity index (χ2v) is 6.95. The molecular weight excluding hydrogens is 342 g/mol. The molecule has 0 bridgehead atoms. The molecule has 1 N–H and O–H groups in total. The Morgan fingerprint density at radius 3 is 2.52 bits per heavy atom. The van der Waals surface area contributed by atoms with Gasteiger partial charge in [-0.15, -0.1) is 0 Å². The van der Waals surface area contributed by atoms with E-state index in [-0.39, 0.29) is 11.5 Å². The largest absolute Gasteiger partial charge is 0.478 e. The van der Waals surface area contributed by atoms with Crippen LogP contribution in [0, 0.1) is 6.92 Å². The van der Waals surface area contributed by atoms with Crippen LogP contribution in [0.5, 0.6) is 0 Å². The Bertz CT molecular complexity index is 1030. The number of carbonyl (C=O) groups is 2. The van der Waals surface area contributed by atoms with Crippen molar-refractivity contribution in [3.63, 3.8) is 0 Å². The van der Waals surface area contributed by atoms with Gasteiger partial charge in [-0.3, -0.25) is 4.79 Å². The average molecular weight is 363 g/mol. The molecule has 3 heterocycles. The van der Waals surface area contributed by atoms with Crippen LogP contribution in [0.3, 0.4) is 0 Å². The summed E-state index contributed by atoms with van der Waals surface area (Å²) in [5.41, 5.74) is 4.04. The van der Waals surface area contributed by atoms with E-state index in [0.717, 1.165) is 42.7 Å². The van der Waals surface area contributed by atoms with Crippen molar-refractivity contribution in [3.8, 4) is 11.3 Å². The first-order chi connectivity index (χ1) is 13.1. The maximum absolute atomic E-state index is 12.9. The summed E-state index contributed by atoms with van der Waals surface area (Å²) >= 11 is 0. The number of likely N-dealkylation sites (tertiary alicyclic amines) is 1. The maximum atomic E-state index is 12.9. The Morgan fingerprint density at radius 1 is 1.04 bits per heavy atom. The molecule has 1 saturated heterocycles. The molecule has 0 aliphatic carbocycles. The molecule has 4 rings (SSSR count). The third-order valence-electron chi connectivity index (χ3n) is 5.17. The topological polar surface area (TPSA) is 74.9 Å². The number of benzene rings is 1. The number of hydrogen-bond acceptors (Lipinski definition) is 3. The van der Waals surface area contributed by atoms with Crippen LogP contribution in [0.2, 0.25) is 0 Å². The summed E-state index contributed by atoms with van der Waals surface area (Å²) in [6.45, 7) is 3.37. The van der Waals surface area contributed by atoms with Crippen LogP contribution in [0.4, 0.5) is 0 Å². The van der Waals surface area contributed by atoms with E-state index in [1.54, 1.807) is 29.8 Å². The van der Waals surface area contributed by atoms with Gasteiger partial charge in [0, 0.05) is 18.7 Å². The van der Waals surface area contributed by atoms with Gasteiger partial charge in [-0.25, -0.2) is 9.31 Å². The molecule has 1 amide bonds. The predicted octanol–water partition coefficient (Wildman–Crippen LogP) is 3.63. The lowest BCUT2D eigenvalue weighted by molar-refractivity contribution is 0.0693. The first-order valence-corrected chi connectivity index (χ1v) is 9.16. The number of hydrogen-bond donors (Lipinski definition) is 1. The first kappa shape index (κ1) is 17.3. The van der Waals surface area contributed by atoms with Gasteiger partial charge in [-0.2, -0.15) is 5.10 Å². The predicted molar refractivity (Wildman–Crippen MR) is 102 cm³/mol. The minimum atomic E-state index is -0.939. The van der Waals surface area contributed by atoms with Crippen molar-refractivity contribution in [2.45, 2.75) is 26.2 Å². The van der Waals surface area contributed by atoms with Crippen molar-refractivity contribution in [2.24, 2.45) is 0 Å². The van der Waals surface area contributed by atoms with Crippen molar-refractivity contribution in [2.75, 3.05) is 13.1 Å². The molecule has 0 spiro atoms. The number of pyridine rings is 1. The lowest BCUT2D eigenvalue weighted by atomic mass is 10.0. The number of amides is 1. The monoisotopic (exact) mass is 363 g/mol. The van der Waals surface area contributed by atoms with E-state index in [4.69, 9.17) is 0 Å². The fraction of sp³-hybridized carbons (Fsp3) is 0.286. The summed E-state index contributed by atoms with van der Waals surface area (Å²) in [6.07, 6.45) is 4.90. The van der Waals surface area contributed by atoms with Crippen molar-refractivity contribution < 1.29 is 14.7 Å². The lowest BCUT2D eigenvalue weighted by Gasteiger charge is -2.26. The second kappa shape index (κ2) is 6.87. The first-order valence-electron chi connectivity index (χ1n) is 9.16. The Labute approximate surface area is 157 Å². The van der Waals surface area contributed by atoms with E-state index in [1.165, 1.54) is 6.42 Å². The Balaban J connectivity index is 1.76. The number of piperidine rings is 1. The summed E-state index contributed by atoms with van der Waals surface area (Å²) in [6, 6.07) is 10.9. The number of nitrogens with zero attached hydrogens (tertiary/aromatic N) is 3. The molecule has 0 unspecified atom stereocenters. The minimum Gasteiger partial charge on any atom is -0.478 e. The van der Waals surface area contributed by atoms with Crippen molar-refractivity contribution >= 4 is 17.4 Å². The second-order valence-electron chi connectivity index (χ2n) is 6.95. The van der Waals surface area contributed by atoms with Gasteiger partial charge < -0.3 is 10.0 Å². The standard InChI is InChI=1S/C21H21N3O3/c1-14-12-15(8-9-16(14)21(26)27)18-6-5-7-19-17(13-22-24(18)19)20(25)23-10-3-2-4-11-23/h5-9,12-13H,2-4,10-11H2,1H3,(H,26,27). The summed E-state index contributed by atoms with van der Waals surface area (Å²) in [7, 11) is 0. The minimum absolute atomic E-state index is 0.0271. The third kappa shape index (κ3) is 3.07. The van der Waals surface area contributed by atoms with Crippen LogP contribution in [0.1, 0.15) is 45.5 Å². The number of aromatic nitrogens is 2. The zero-order valence-corrected chi connectivity index (χ0v) is 15.2. The molecular formula is C21H21N3O3. The molecule has 2 aromatic heterocycles. The normalized spacial score (nSPS) is 14.5. The summed E-state index contributed by atoms with van der Waals surface area (Å²) in [5.74, 6) is -0.912. The Hall–Kier alpha value is -3.15. The van der Waals surface area contributed by atoms with Crippen molar-refractivity contribution in [1.29, 1.82) is 0 Å². The van der Waals surface area contributed by atoms with Crippen LogP contribution in [-0.4, -0.2) is 44.6 Å². The number of rotatable bonds is 3. The van der Waals surface area contributed by atoms with E-state index in [2.05, 4.69) is 5.10 Å². The van der Waals surface area contributed by atoms with Crippen LogP contribution < -0.4 is 0 Å².